The van der Waals surface area contributed by atoms with Crippen molar-refractivity contribution in [2.75, 3.05) is 39.3 Å². The van der Waals surface area contributed by atoms with Gasteiger partial charge in [0.05, 0.1) is 12.1 Å². The lowest BCUT2D eigenvalue weighted by Gasteiger charge is -2.35. The molecule has 0 saturated carbocycles. The zero-order valence-corrected chi connectivity index (χ0v) is 19.8. The van der Waals surface area contributed by atoms with E-state index in [4.69, 9.17) is 0 Å². The van der Waals surface area contributed by atoms with Crippen molar-refractivity contribution >= 4 is 26.8 Å². The van der Waals surface area contributed by atoms with Crippen LogP contribution in [0.5, 0.6) is 0 Å². The maximum absolute atomic E-state index is 13.4. The summed E-state index contributed by atoms with van der Waals surface area (Å²) in [4.78, 5) is 21.5. The predicted octanol–water partition coefficient (Wildman–Crippen LogP) is 3.16. The Labute approximate surface area is 190 Å². The van der Waals surface area contributed by atoms with E-state index in [-0.39, 0.29) is 10.8 Å². The number of carbonyl (C=O) groups excluding carboxylic acids is 1. The number of carbonyl (C=O) groups is 1. The SMILES string of the molecule is CCN(C(=O)CN1CCN(S(=O)(=O)c2cccc3cc(C)cnc23)CC1)C1=CCCCC1. The molecule has 2 aliphatic rings. The van der Waals surface area contributed by atoms with E-state index in [0.717, 1.165) is 35.9 Å². The van der Waals surface area contributed by atoms with Gasteiger partial charge in [0.1, 0.15) is 4.90 Å². The number of nitrogens with zero attached hydrogens (tertiary/aromatic N) is 4. The van der Waals surface area contributed by atoms with Crippen LogP contribution in [-0.4, -0.2) is 72.7 Å². The molecule has 0 bridgehead atoms. The molecule has 8 heteroatoms. The van der Waals surface area contributed by atoms with E-state index in [1.165, 1.54) is 10.7 Å². The van der Waals surface area contributed by atoms with E-state index < -0.39 is 10.0 Å². The largest absolute Gasteiger partial charge is 0.316 e. The first-order valence-corrected chi connectivity index (χ1v) is 12.9. The Bertz CT molecular complexity index is 1120. The van der Waals surface area contributed by atoms with Gasteiger partial charge in [0.25, 0.3) is 0 Å². The van der Waals surface area contributed by atoms with Gasteiger partial charge in [-0.15, -0.1) is 0 Å². The first kappa shape index (κ1) is 22.9. The average molecular weight is 457 g/mol. The molecule has 2 heterocycles. The van der Waals surface area contributed by atoms with Crippen molar-refractivity contribution in [2.24, 2.45) is 0 Å². The number of pyridine rings is 1. The van der Waals surface area contributed by atoms with E-state index in [9.17, 15) is 13.2 Å². The van der Waals surface area contributed by atoms with Crippen LogP contribution in [0.2, 0.25) is 0 Å². The van der Waals surface area contributed by atoms with Crippen LogP contribution < -0.4 is 0 Å². The quantitative estimate of drug-likeness (QED) is 0.668. The first-order valence-electron chi connectivity index (χ1n) is 11.5. The van der Waals surface area contributed by atoms with Crippen molar-refractivity contribution in [3.8, 4) is 0 Å². The molecular weight excluding hydrogens is 424 g/mol. The fourth-order valence-corrected chi connectivity index (χ4v) is 6.19. The normalized spacial score (nSPS) is 18.5. The molecule has 1 amide bonds. The van der Waals surface area contributed by atoms with Gasteiger partial charge >= 0.3 is 0 Å². The number of hydrogen-bond acceptors (Lipinski definition) is 5. The molecule has 1 aromatic carbocycles. The predicted molar refractivity (Wildman–Crippen MR) is 126 cm³/mol. The highest BCUT2D eigenvalue weighted by Gasteiger charge is 2.31. The molecule has 2 aromatic rings. The van der Waals surface area contributed by atoms with Crippen molar-refractivity contribution in [3.63, 3.8) is 0 Å². The molecule has 0 N–H and O–H groups in total. The van der Waals surface area contributed by atoms with Crippen molar-refractivity contribution in [2.45, 2.75) is 44.4 Å². The Morgan fingerprint density at radius 3 is 2.62 bits per heavy atom. The summed E-state index contributed by atoms with van der Waals surface area (Å²) >= 11 is 0. The fourth-order valence-electron chi connectivity index (χ4n) is 4.60. The highest BCUT2D eigenvalue weighted by atomic mass is 32.2. The van der Waals surface area contributed by atoms with E-state index in [2.05, 4.69) is 16.0 Å². The molecule has 4 rings (SSSR count). The molecule has 0 atom stereocenters. The zero-order valence-electron chi connectivity index (χ0n) is 19.0. The first-order chi connectivity index (χ1) is 15.4. The summed E-state index contributed by atoms with van der Waals surface area (Å²) in [7, 11) is -3.65. The second-order valence-corrected chi connectivity index (χ2v) is 10.5. The Morgan fingerprint density at radius 1 is 1.16 bits per heavy atom. The lowest BCUT2D eigenvalue weighted by molar-refractivity contribution is -0.130. The second-order valence-electron chi connectivity index (χ2n) is 8.60. The summed E-state index contributed by atoms with van der Waals surface area (Å²) in [5.74, 6) is 0.102. The van der Waals surface area contributed by atoms with E-state index in [1.807, 2.05) is 30.9 Å². The number of fused-ring (bicyclic) bond motifs is 1. The number of aromatic nitrogens is 1. The highest BCUT2D eigenvalue weighted by Crippen LogP contribution is 2.26. The molecule has 0 radical (unpaired) electrons. The van der Waals surface area contributed by atoms with Gasteiger partial charge in [0.15, 0.2) is 0 Å². The van der Waals surface area contributed by atoms with Crippen molar-refractivity contribution in [1.82, 2.24) is 19.1 Å². The van der Waals surface area contributed by atoms with E-state index in [1.54, 1.807) is 18.3 Å². The maximum atomic E-state index is 13.4. The smallest absolute Gasteiger partial charge is 0.245 e. The number of aryl methyl sites for hydroxylation is 1. The minimum Gasteiger partial charge on any atom is -0.316 e. The molecule has 1 aliphatic heterocycles. The lowest BCUT2D eigenvalue weighted by atomic mass is 10.0. The summed E-state index contributed by atoms with van der Waals surface area (Å²) in [5.41, 5.74) is 2.65. The Balaban J connectivity index is 1.42. The number of amides is 1. The molecule has 7 nitrogen and oxygen atoms in total. The van der Waals surface area contributed by atoms with Gasteiger partial charge in [-0.2, -0.15) is 4.31 Å². The van der Waals surface area contributed by atoms with Crippen molar-refractivity contribution in [3.05, 3.63) is 47.8 Å². The van der Waals surface area contributed by atoms with Gasteiger partial charge in [-0.05, 0) is 57.2 Å². The fraction of sp³-hybridized carbons (Fsp3) is 0.500. The van der Waals surface area contributed by atoms with E-state index in [0.29, 0.717) is 44.8 Å². The van der Waals surface area contributed by atoms with Crippen LogP contribution in [0.1, 0.15) is 38.2 Å². The van der Waals surface area contributed by atoms with Crippen molar-refractivity contribution < 1.29 is 13.2 Å². The lowest BCUT2D eigenvalue weighted by Crippen LogP contribution is -2.51. The van der Waals surface area contributed by atoms with Crippen LogP contribution in [0.15, 0.2) is 47.1 Å². The van der Waals surface area contributed by atoms with Gasteiger partial charge in [0.2, 0.25) is 15.9 Å². The summed E-state index contributed by atoms with van der Waals surface area (Å²) in [6.07, 6.45) is 8.22. The number of hydrogen-bond donors (Lipinski definition) is 0. The molecular formula is C24H32N4O3S. The molecule has 1 fully saturated rings. The van der Waals surface area contributed by atoms with Crippen LogP contribution in [0.4, 0.5) is 0 Å². The van der Waals surface area contributed by atoms with E-state index >= 15 is 0 Å². The van der Waals surface area contributed by atoms with Gasteiger partial charge < -0.3 is 4.90 Å². The standard InChI is InChI=1S/C24H32N4O3S/c1-3-28(21-9-5-4-6-10-21)23(29)18-26-12-14-27(15-13-26)32(30,31)22-11-7-8-20-16-19(2)17-25-24(20)22/h7-9,11,16-17H,3-6,10,12-15,18H2,1-2H3. The zero-order chi connectivity index (χ0) is 22.7. The molecule has 1 aromatic heterocycles. The summed E-state index contributed by atoms with van der Waals surface area (Å²) in [5, 5.41) is 0.826. The van der Waals surface area contributed by atoms with Gasteiger partial charge in [-0.3, -0.25) is 14.7 Å². The number of rotatable bonds is 6. The molecule has 172 valence electrons. The number of allylic oxidation sites excluding steroid dienone is 2. The average Bonchev–Trinajstić information content (AvgIpc) is 2.80. The summed E-state index contributed by atoms with van der Waals surface area (Å²) in [6, 6.07) is 7.24. The van der Waals surface area contributed by atoms with Crippen LogP contribution in [0.25, 0.3) is 10.9 Å². The number of piperazine rings is 1. The monoisotopic (exact) mass is 456 g/mol. The van der Waals surface area contributed by atoms with Crippen molar-refractivity contribution in [1.29, 1.82) is 0 Å². The van der Waals surface area contributed by atoms with Gasteiger partial charge in [-0.25, -0.2) is 8.42 Å². The summed E-state index contributed by atoms with van der Waals surface area (Å²) < 4.78 is 28.2. The third-order valence-electron chi connectivity index (χ3n) is 6.35. The number of para-hydroxylation sites is 1. The number of likely N-dealkylation sites (N-methyl/N-ethyl adjacent to an activating group) is 1. The Morgan fingerprint density at radius 2 is 1.94 bits per heavy atom. The molecule has 0 spiro atoms. The number of benzene rings is 1. The number of sulfonamides is 1. The molecule has 0 unspecified atom stereocenters. The second kappa shape index (κ2) is 9.68. The van der Waals surface area contributed by atoms with Gasteiger partial charge in [0, 0.05) is 50.0 Å². The third-order valence-corrected chi connectivity index (χ3v) is 8.28. The molecule has 32 heavy (non-hydrogen) atoms. The van der Waals surface area contributed by atoms with Gasteiger partial charge in [-0.1, -0.05) is 18.2 Å². The van der Waals surface area contributed by atoms with Crippen LogP contribution in [-0.2, 0) is 14.8 Å². The minimum absolute atomic E-state index is 0.102. The Kier molecular flexibility index (Phi) is 6.93. The van der Waals surface area contributed by atoms with Crippen LogP contribution in [0, 0.1) is 6.92 Å². The highest BCUT2D eigenvalue weighted by molar-refractivity contribution is 7.89. The maximum Gasteiger partial charge on any atom is 0.245 e. The topological polar surface area (TPSA) is 73.8 Å². The van der Waals surface area contributed by atoms with Crippen LogP contribution >= 0.6 is 0 Å². The minimum atomic E-state index is -3.65. The molecule has 1 saturated heterocycles. The Hall–Kier alpha value is -2.29. The molecule has 1 aliphatic carbocycles. The third kappa shape index (κ3) is 4.72. The summed E-state index contributed by atoms with van der Waals surface area (Å²) in [6.45, 7) is 6.77. The van der Waals surface area contributed by atoms with Crippen LogP contribution in [0.3, 0.4) is 0 Å².